The zero-order valence-corrected chi connectivity index (χ0v) is 12.3. The van der Waals surface area contributed by atoms with Crippen molar-refractivity contribution in [2.24, 2.45) is 0 Å². The van der Waals surface area contributed by atoms with E-state index in [-0.39, 0.29) is 0 Å². The maximum Gasteiger partial charge on any atom is 0.126 e. The fourth-order valence-electron chi connectivity index (χ4n) is 2.56. The molecule has 3 rings (SSSR count). The van der Waals surface area contributed by atoms with Crippen molar-refractivity contribution in [1.29, 1.82) is 0 Å². The average Bonchev–Trinajstić information content (AvgIpc) is 2.91. The van der Waals surface area contributed by atoms with Crippen molar-refractivity contribution in [3.8, 4) is 5.75 Å². The van der Waals surface area contributed by atoms with Gasteiger partial charge in [0.25, 0.3) is 0 Å². The van der Waals surface area contributed by atoms with E-state index in [0.29, 0.717) is 0 Å². The first-order chi connectivity index (χ1) is 9.72. The number of hydrogen-bond donors (Lipinski definition) is 1. The van der Waals surface area contributed by atoms with Gasteiger partial charge in [-0.05, 0) is 40.9 Å². The normalized spacial score (nSPS) is 12.6. The molecule has 2 aromatic carbocycles. The number of fused-ring (bicyclic) bond motifs is 1. The van der Waals surface area contributed by atoms with Gasteiger partial charge in [-0.1, -0.05) is 30.3 Å². The van der Waals surface area contributed by atoms with E-state index in [4.69, 9.17) is 4.74 Å². The molecule has 1 aromatic heterocycles. The van der Waals surface area contributed by atoms with E-state index >= 15 is 0 Å². The van der Waals surface area contributed by atoms with E-state index in [0.717, 1.165) is 32.5 Å². The van der Waals surface area contributed by atoms with Crippen LogP contribution < -0.4 is 4.74 Å². The molecule has 20 heavy (non-hydrogen) atoms. The van der Waals surface area contributed by atoms with E-state index in [1.807, 2.05) is 54.8 Å². The summed E-state index contributed by atoms with van der Waals surface area (Å²) in [6.45, 7) is 2.04. The van der Waals surface area contributed by atoms with Gasteiger partial charge in [-0.25, -0.2) is 0 Å². The van der Waals surface area contributed by atoms with E-state index in [1.165, 1.54) is 0 Å². The third kappa shape index (κ3) is 2.09. The molecule has 0 radical (unpaired) electrons. The van der Waals surface area contributed by atoms with Crippen LogP contribution in [-0.2, 0) is 0 Å². The zero-order chi connectivity index (χ0) is 14.1. The quantitative estimate of drug-likeness (QED) is 0.777. The summed E-state index contributed by atoms with van der Waals surface area (Å²) in [6, 6.07) is 13.9. The first kappa shape index (κ1) is 13.2. The monoisotopic (exact) mass is 284 g/mol. The van der Waals surface area contributed by atoms with Crippen molar-refractivity contribution >= 4 is 22.1 Å². The Balaban J connectivity index is 2.20. The molecule has 0 fully saturated rings. The van der Waals surface area contributed by atoms with Gasteiger partial charge in [-0.15, -0.1) is 11.3 Å². The van der Waals surface area contributed by atoms with E-state index in [9.17, 15) is 5.11 Å². The predicted molar refractivity (Wildman–Crippen MR) is 83.6 cm³/mol. The van der Waals surface area contributed by atoms with Gasteiger partial charge in [0.15, 0.2) is 0 Å². The fourth-order valence-corrected chi connectivity index (χ4v) is 3.29. The first-order valence-electron chi connectivity index (χ1n) is 6.50. The van der Waals surface area contributed by atoms with Crippen LogP contribution in [0.2, 0.25) is 0 Å². The van der Waals surface area contributed by atoms with Crippen molar-refractivity contribution in [2.75, 3.05) is 7.11 Å². The third-order valence-corrected chi connectivity index (χ3v) is 4.49. The van der Waals surface area contributed by atoms with E-state index in [2.05, 4.69) is 0 Å². The van der Waals surface area contributed by atoms with Gasteiger partial charge in [-0.2, -0.15) is 0 Å². The Kier molecular flexibility index (Phi) is 3.47. The second-order valence-corrected chi connectivity index (χ2v) is 5.86. The summed E-state index contributed by atoms with van der Waals surface area (Å²) in [5.74, 6) is 0.832. The largest absolute Gasteiger partial charge is 0.496 e. The van der Waals surface area contributed by atoms with Crippen molar-refractivity contribution in [2.45, 2.75) is 13.0 Å². The number of aliphatic hydroxyl groups is 1. The summed E-state index contributed by atoms with van der Waals surface area (Å²) in [5, 5.41) is 14.8. The number of ether oxygens (including phenoxy) is 1. The second kappa shape index (κ2) is 5.27. The third-order valence-electron chi connectivity index (χ3n) is 3.63. The van der Waals surface area contributed by atoms with Gasteiger partial charge >= 0.3 is 0 Å². The highest BCUT2D eigenvalue weighted by molar-refractivity contribution is 7.10. The van der Waals surface area contributed by atoms with Crippen molar-refractivity contribution < 1.29 is 9.84 Å². The molecule has 3 aromatic rings. The molecule has 0 aliphatic rings. The molecule has 1 unspecified atom stereocenters. The Morgan fingerprint density at radius 3 is 2.40 bits per heavy atom. The standard InChI is InChI=1S/C17H16O2S/c1-11-12(9-10-20-11)17(18)15-7-8-16(19-2)14-6-4-3-5-13(14)15/h3-10,17-18H,1-2H3. The van der Waals surface area contributed by atoms with Crippen molar-refractivity contribution in [3.05, 3.63) is 63.8 Å². The SMILES string of the molecule is COc1ccc(C(O)c2ccsc2C)c2ccccc12. The Hall–Kier alpha value is -1.84. The van der Waals surface area contributed by atoms with Crippen molar-refractivity contribution in [3.63, 3.8) is 0 Å². The van der Waals surface area contributed by atoms with Crippen LogP contribution in [0.15, 0.2) is 47.8 Å². The molecule has 102 valence electrons. The van der Waals surface area contributed by atoms with Crippen LogP contribution in [0.1, 0.15) is 22.1 Å². The smallest absolute Gasteiger partial charge is 0.126 e. The van der Waals surface area contributed by atoms with Gasteiger partial charge in [0, 0.05) is 10.3 Å². The highest BCUT2D eigenvalue weighted by Gasteiger charge is 2.17. The van der Waals surface area contributed by atoms with Crippen LogP contribution in [0.4, 0.5) is 0 Å². The summed E-state index contributed by atoms with van der Waals surface area (Å²) in [7, 11) is 1.67. The Labute approximate surface area is 122 Å². The van der Waals surface area contributed by atoms with E-state index in [1.54, 1.807) is 18.4 Å². The predicted octanol–water partition coefficient (Wildman–Crippen LogP) is 4.30. The molecule has 0 aliphatic carbocycles. The summed E-state index contributed by atoms with van der Waals surface area (Å²) >= 11 is 1.66. The minimum absolute atomic E-state index is 0.600. The number of aliphatic hydroxyl groups excluding tert-OH is 1. The number of methoxy groups -OCH3 is 1. The van der Waals surface area contributed by atoms with Crippen LogP contribution in [0.3, 0.4) is 0 Å². The van der Waals surface area contributed by atoms with Crippen molar-refractivity contribution in [1.82, 2.24) is 0 Å². The van der Waals surface area contributed by atoms with E-state index < -0.39 is 6.10 Å². The molecule has 0 saturated heterocycles. The average molecular weight is 284 g/mol. The molecule has 0 aliphatic heterocycles. The molecule has 0 saturated carbocycles. The summed E-state index contributed by atoms with van der Waals surface area (Å²) < 4.78 is 5.40. The zero-order valence-electron chi connectivity index (χ0n) is 11.5. The molecule has 0 amide bonds. The van der Waals surface area contributed by atoms with Crippen LogP contribution >= 0.6 is 11.3 Å². The molecule has 1 N–H and O–H groups in total. The minimum Gasteiger partial charge on any atom is -0.496 e. The lowest BCUT2D eigenvalue weighted by molar-refractivity contribution is 0.221. The maximum absolute atomic E-state index is 10.7. The Morgan fingerprint density at radius 2 is 1.75 bits per heavy atom. The molecular weight excluding hydrogens is 268 g/mol. The maximum atomic E-state index is 10.7. The number of thiophene rings is 1. The van der Waals surface area contributed by atoms with Crippen LogP contribution in [0, 0.1) is 6.92 Å². The highest BCUT2D eigenvalue weighted by atomic mass is 32.1. The van der Waals surface area contributed by atoms with Gasteiger partial charge in [0.2, 0.25) is 0 Å². The number of benzene rings is 2. The molecular formula is C17H16O2S. The van der Waals surface area contributed by atoms with Gasteiger partial charge in [0.05, 0.1) is 7.11 Å². The van der Waals surface area contributed by atoms with Crippen LogP contribution in [-0.4, -0.2) is 12.2 Å². The first-order valence-corrected chi connectivity index (χ1v) is 7.38. The minimum atomic E-state index is -0.600. The molecule has 0 spiro atoms. The highest BCUT2D eigenvalue weighted by Crippen LogP contribution is 2.35. The Morgan fingerprint density at radius 1 is 1.00 bits per heavy atom. The van der Waals surface area contributed by atoms with Crippen LogP contribution in [0.5, 0.6) is 5.75 Å². The van der Waals surface area contributed by atoms with Gasteiger partial charge < -0.3 is 9.84 Å². The molecule has 0 bridgehead atoms. The number of rotatable bonds is 3. The summed E-state index contributed by atoms with van der Waals surface area (Å²) in [4.78, 5) is 1.15. The molecule has 2 nitrogen and oxygen atoms in total. The summed E-state index contributed by atoms with van der Waals surface area (Å²) in [5.41, 5.74) is 1.90. The number of hydrogen-bond acceptors (Lipinski definition) is 3. The molecule has 3 heteroatoms. The Bertz CT molecular complexity index is 746. The molecule has 1 atom stereocenters. The summed E-state index contributed by atoms with van der Waals surface area (Å²) in [6.07, 6.45) is -0.600. The van der Waals surface area contributed by atoms with Gasteiger partial charge in [-0.3, -0.25) is 0 Å². The van der Waals surface area contributed by atoms with Gasteiger partial charge in [0.1, 0.15) is 11.9 Å². The lowest BCUT2D eigenvalue weighted by Crippen LogP contribution is -2.01. The number of aryl methyl sites for hydroxylation is 1. The lowest BCUT2D eigenvalue weighted by Gasteiger charge is -2.15. The van der Waals surface area contributed by atoms with Crippen LogP contribution in [0.25, 0.3) is 10.8 Å². The topological polar surface area (TPSA) is 29.5 Å². The lowest BCUT2D eigenvalue weighted by atomic mass is 9.96. The fraction of sp³-hybridized carbons (Fsp3) is 0.176. The second-order valence-electron chi connectivity index (χ2n) is 4.74. The molecule has 1 heterocycles.